The number of amides is 3. The summed E-state index contributed by atoms with van der Waals surface area (Å²) in [4.78, 5) is 31.9. The molecule has 2 aliphatic heterocycles. The molecule has 1 atom stereocenters. The van der Waals surface area contributed by atoms with E-state index >= 15 is 0 Å². The highest BCUT2D eigenvalue weighted by Gasteiger charge is 2.54. The Hall–Kier alpha value is -3.59. The van der Waals surface area contributed by atoms with Crippen LogP contribution in [-0.2, 0) is 10.2 Å². The number of nitrogens with zero attached hydrogens (tertiary/aromatic N) is 2. The maximum Gasteiger partial charge on any atom is 0.321 e. The number of ether oxygens (including phenoxy) is 1. The summed E-state index contributed by atoms with van der Waals surface area (Å²) in [5, 5.41) is 13.7. The van der Waals surface area contributed by atoms with Gasteiger partial charge in [-0.05, 0) is 29.8 Å². The van der Waals surface area contributed by atoms with Crippen LogP contribution in [0.15, 0.2) is 42.5 Å². The van der Waals surface area contributed by atoms with Crippen molar-refractivity contribution in [3.05, 3.63) is 59.5 Å². The van der Waals surface area contributed by atoms with Crippen molar-refractivity contribution in [2.24, 2.45) is 0 Å². The van der Waals surface area contributed by atoms with E-state index < -0.39 is 23.3 Å². The second kappa shape index (κ2) is 7.77. The number of nitrogens with one attached hydrogen (secondary N) is 2. The molecule has 3 N–H and O–H groups in total. The second-order valence-corrected chi connectivity index (χ2v) is 8.72. The minimum absolute atomic E-state index is 0.123. The van der Waals surface area contributed by atoms with Crippen LogP contribution in [0.3, 0.4) is 0 Å². The van der Waals surface area contributed by atoms with Crippen LogP contribution in [0.2, 0.25) is 0 Å². The van der Waals surface area contributed by atoms with Crippen LogP contribution in [-0.4, -0.2) is 65.2 Å². The largest absolute Gasteiger partial charge is 0.497 e. The van der Waals surface area contributed by atoms with Gasteiger partial charge in [-0.3, -0.25) is 4.79 Å². The predicted octanol–water partition coefficient (Wildman–Crippen LogP) is 3.00. The molecular weight excluding hydrogens is 427 g/mol. The van der Waals surface area contributed by atoms with Crippen molar-refractivity contribution in [1.29, 1.82) is 0 Å². The fourth-order valence-electron chi connectivity index (χ4n) is 5.18. The number of hydrogen-bond acceptors (Lipinski definition) is 4. The van der Waals surface area contributed by atoms with E-state index in [0.29, 0.717) is 25.4 Å². The van der Waals surface area contributed by atoms with Gasteiger partial charge in [0, 0.05) is 49.2 Å². The second-order valence-electron chi connectivity index (χ2n) is 8.72. The monoisotopic (exact) mass is 452 g/mol. The minimum atomic E-state index is -0.500. The molecule has 5 rings (SSSR count). The number of aromatic nitrogens is 1. The number of fused-ring (bicyclic) bond motifs is 4. The van der Waals surface area contributed by atoms with Crippen molar-refractivity contribution in [3.8, 4) is 5.75 Å². The number of hydrogen-bond donors (Lipinski definition) is 3. The number of halogens is 1. The number of para-hydroxylation sites is 1. The third kappa shape index (κ3) is 3.31. The topological polar surface area (TPSA) is 97.9 Å². The molecule has 3 amide bonds. The Morgan fingerprint density at radius 2 is 2.00 bits per heavy atom. The molecule has 9 heteroatoms. The number of benzene rings is 2. The lowest BCUT2D eigenvalue weighted by molar-refractivity contribution is -0.135. The van der Waals surface area contributed by atoms with Gasteiger partial charge < -0.3 is 29.9 Å². The maximum absolute atomic E-state index is 14.0. The number of carbonyl (C=O) groups is 2. The number of H-pyrrole nitrogens is 1. The highest BCUT2D eigenvalue weighted by atomic mass is 19.1. The zero-order valence-corrected chi connectivity index (χ0v) is 18.4. The summed E-state index contributed by atoms with van der Waals surface area (Å²) in [6.07, 6.45) is 0. The molecule has 0 radical (unpaired) electrons. The molecule has 0 aliphatic carbocycles. The SMILES string of the molecule is COc1ccc2c3c([nH]c2c1)[C@@H](CO)N(C(C)=O)CC31CN(C(=O)Nc2ccccc2F)C1. The molecule has 1 saturated heterocycles. The lowest BCUT2D eigenvalue weighted by atomic mass is 9.69. The molecule has 2 aliphatic rings. The normalized spacial score (nSPS) is 18.7. The van der Waals surface area contributed by atoms with E-state index in [1.165, 1.54) is 19.1 Å². The number of aromatic amines is 1. The summed E-state index contributed by atoms with van der Waals surface area (Å²) in [7, 11) is 1.59. The Morgan fingerprint density at radius 3 is 2.67 bits per heavy atom. The molecule has 1 fully saturated rings. The molecule has 3 aromatic rings. The van der Waals surface area contributed by atoms with Crippen molar-refractivity contribution in [2.75, 3.05) is 38.7 Å². The molecule has 33 heavy (non-hydrogen) atoms. The van der Waals surface area contributed by atoms with E-state index in [4.69, 9.17) is 4.74 Å². The zero-order valence-electron chi connectivity index (χ0n) is 18.4. The van der Waals surface area contributed by atoms with E-state index in [0.717, 1.165) is 22.2 Å². The molecule has 8 nitrogen and oxygen atoms in total. The molecule has 3 heterocycles. The lowest BCUT2D eigenvalue weighted by Crippen LogP contribution is -2.68. The van der Waals surface area contributed by atoms with E-state index in [-0.39, 0.29) is 18.2 Å². The zero-order chi connectivity index (χ0) is 23.3. The molecule has 0 saturated carbocycles. The smallest absolute Gasteiger partial charge is 0.321 e. The number of anilines is 1. The minimum Gasteiger partial charge on any atom is -0.497 e. The number of rotatable bonds is 3. The van der Waals surface area contributed by atoms with Gasteiger partial charge in [0.15, 0.2) is 0 Å². The van der Waals surface area contributed by atoms with Crippen LogP contribution in [0.5, 0.6) is 5.75 Å². The van der Waals surface area contributed by atoms with Crippen LogP contribution in [0.1, 0.15) is 24.2 Å². The van der Waals surface area contributed by atoms with Gasteiger partial charge in [-0.15, -0.1) is 0 Å². The van der Waals surface area contributed by atoms with Gasteiger partial charge in [-0.1, -0.05) is 12.1 Å². The number of likely N-dealkylation sites (tertiary alicyclic amines) is 1. The van der Waals surface area contributed by atoms with Crippen LogP contribution < -0.4 is 10.1 Å². The number of urea groups is 1. The van der Waals surface area contributed by atoms with Gasteiger partial charge in [0.05, 0.1) is 30.9 Å². The Kier molecular flexibility index (Phi) is 5.01. The van der Waals surface area contributed by atoms with Crippen LogP contribution >= 0.6 is 0 Å². The average molecular weight is 452 g/mol. The predicted molar refractivity (Wildman–Crippen MR) is 121 cm³/mol. The van der Waals surface area contributed by atoms with Crippen molar-refractivity contribution in [1.82, 2.24) is 14.8 Å². The quantitative estimate of drug-likeness (QED) is 0.569. The van der Waals surface area contributed by atoms with Crippen molar-refractivity contribution >= 4 is 28.5 Å². The van der Waals surface area contributed by atoms with Gasteiger partial charge >= 0.3 is 6.03 Å². The molecule has 172 valence electrons. The van der Waals surface area contributed by atoms with E-state index in [1.54, 1.807) is 29.0 Å². The summed E-state index contributed by atoms with van der Waals surface area (Å²) in [5.41, 5.74) is 2.25. The summed E-state index contributed by atoms with van der Waals surface area (Å²) in [6.45, 7) is 2.36. The molecule has 0 unspecified atom stereocenters. The molecular formula is C24H25FN4O4. The van der Waals surface area contributed by atoms with Gasteiger partial charge in [0.25, 0.3) is 0 Å². The Morgan fingerprint density at radius 1 is 1.24 bits per heavy atom. The summed E-state index contributed by atoms with van der Waals surface area (Å²) in [5.74, 6) is 0.0448. The summed E-state index contributed by atoms with van der Waals surface area (Å²) in [6, 6.07) is 10.8. The molecule has 0 bridgehead atoms. The maximum atomic E-state index is 14.0. The molecule has 2 aromatic carbocycles. The van der Waals surface area contributed by atoms with Crippen LogP contribution in [0, 0.1) is 5.82 Å². The Labute approximate surface area is 189 Å². The van der Waals surface area contributed by atoms with Crippen LogP contribution in [0.4, 0.5) is 14.9 Å². The fraction of sp³-hybridized carbons (Fsp3) is 0.333. The first-order valence-electron chi connectivity index (χ1n) is 10.8. The van der Waals surface area contributed by atoms with Crippen LogP contribution in [0.25, 0.3) is 10.9 Å². The Bertz CT molecular complexity index is 1250. The molecule has 1 aromatic heterocycles. The lowest BCUT2D eigenvalue weighted by Gasteiger charge is -2.55. The number of carbonyl (C=O) groups excluding carboxylic acids is 2. The van der Waals surface area contributed by atoms with E-state index in [2.05, 4.69) is 10.3 Å². The first-order chi connectivity index (χ1) is 15.9. The Balaban J connectivity index is 1.51. The van der Waals surface area contributed by atoms with Crippen molar-refractivity contribution in [3.63, 3.8) is 0 Å². The first-order valence-corrected chi connectivity index (χ1v) is 10.8. The van der Waals surface area contributed by atoms with Crippen molar-refractivity contribution in [2.45, 2.75) is 18.4 Å². The summed E-state index contributed by atoms with van der Waals surface area (Å²) >= 11 is 0. The first kappa shape index (κ1) is 21.3. The number of methoxy groups -OCH3 is 1. The van der Waals surface area contributed by atoms with Gasteiger partial charge in [0.2, 0.25) is 5.91 Å². The van der Waals surface area contributed by atoms with Gasteiger partial charge in [0.1, 0.15) is 11.6 Å². The third-order valence-electron chi connectivity index (χ3n) is 6.71. The van der Waals surface area contributed by atoms with E-state index in [1.807, 2.05) is 18.2 Å². The number of aliphatic hydroxyl groups is 1. The van der Waals surface area contributed by atoms with E-state index in [9.17, 15) is 19.1 Å². The third-order valence-corrected chi connectivity index (χ3v) is 6.71. The standard InChI is InChI=1S/C24H25FN4O4/c1-14(31)29-13-24(11-28(12-24)23(32)27-18-6-4-3-5-17(18)25)21-16-8-7-15(33-2)9-19(16)26-22(21)20(29)10-30/h3-9,20,26,30H,10-13H2,1-2H3,(H,27,32)/t20-/m1/s1. The summed E-state index contributed by atoms with van der Waals surface area (Å²) < 4.78 is 19.3. The van der Waals surface area contributed by atoms with Crippen molar-refractivity contribution < 1.29 is 23.8 Å². The average Bonchev–Trinajstić information content (AvgIpc) is 3.16. The van der Waals surface area contributed by atoms with Gasteiger partial charge in [-0.25, -0.2) is 9.18 Å². The van der Waals surface area contributed by atoms with Gasteiger partial charge in [-0.2, -0.15) is 0 Å². The number of aliphatic hydroxyl groups excluding tert-OH is 1. The molecule has 1 spiro atoms. The highest BCUT2D eigenvalue weighted by Crippen LogP contribution is 2.48. The highest BCUT2D eigenvalue weighted by molar-refractivity contribution is 5.92. The fourth-order valence-corrected chi connectivity index (χ4v) is 5.18.